The molecular formula is C12H13N3O3S. The van der Waals surface area contributed by atoms with Crippen LogP contribution in [0.25, 0.3) is 0 Å². The Balaban J connectivity index is 1.78. The number of hydrogen-bond acceptors (Lipinski definition) is 7. The van der Waals surface area contributed by atoms with Crippen molar-refractivity contribution in [1.29, 1.82) is 0 Å². The number of esters is 1. The number of carbonyl (C=O) groups excluding carboxylic acids is 1. The van der Waals surface area contributed by atoms with Crippen molar-refractivity contribution in [3.63, 3.8) is 0 Å². The molecule has 1 aliphatic carbocycles. The minimum absolute atomic E-state index is 0.299. The van der Waals surface area contributed by atoms with Crippen LogP contribution in [0.1, 0.15) is 35.3 Å². The van der Waals surface area contributed by atoms with E-state index in [0.717, 1.165) is 10.7 Å². The first-order valence-electron chi connectivity index (χ1n) is 5.96. The maximum Gasteiger partial charge on any atom is 0.321 e. The minimum atomic E-state index is -0.696. The van der Waals surface area contributed by atoms with Gasteiger partial charge in [0.2, 0.25) is 5.89 Å². The van der Waals surface area contributed by atoms with E-state index in [1.54, 1.807) is 11.3 Å². The fourth-order valence-corrected chi connectivity index (χ4v) is 2.61. The standard InChI is InChI=1S/C12H13N3O3S/c1-7-13-8(6-19-7)5-9-14-10(18-15-9)12(3-4-12)11(16)17-2/h6H,3-5H2,1-2H3. The van der Waals surface area contributed by atoms with Gasteiger partial charge in [0, 0.05) is 5.38 Å². The number of hydrogen-bond donors (Lipinski definition) is 0. The molecule has 0 saturated heterocycles. The average molecular weight is 279 g/mol. The number of nitrogens with zero attached hydrogens (tertiary/aromatic N) is 3. The van der Waals surface area contributed by atoms with Gasteiger partial charge in [-0.25, -0.2) is 4.98 Å². The Kier molecular flexibility index (Phi) is 2.85. The molecular weight excluding hydrogens is 266 g/mol. The highest BCUT2D eigenvalue weighted by atomic mass is 32.1. The lowest BCUT2D eigenvalue weighted by Gasteiger charge is -2.05. The molecule has 0 atom stereocenters. The predicted molar refractivity (Wildman–Crippen MR) is 66.9 cm³/mol. The van der Waals surface area contributed by atoms with Gasteiger partial charge in [-0.15, -0.1) is 11.3 Å². The summed E-state index contributed by atoms with van der Waals surface area (Å²) < 4.78 is 9.99. The number of ether oxygens (including phenoxy) is 1. The minimum Gasteiger partial charge on any atom is -0.468 e. The maximum atomic E-state index is 11.7. The van der Waals surface area contributed by atoms with Crippen molar-refractivity contribution in [1.82, 2.24) is 15.1 Å². The summed E-state index contributed by atoms with van der Waals surface area (Å²) in [6, 6.07) is 0. The van der Waals surface area contributed by atoms with E-state index in [2.05, 4.69) is 15.1 Å². The van der Waals surface area contributed by atoms with Gasteiger partial charge in [-0.1, -0.05) is 5.16 Å². The lowest BCUT2D eigenvalue weighted by atomic mass is 10.1. The molecule has 7 heteroatoms. The van der Waals surface area contributed by atoms with E-state index < -0.39 is 5.41 Å². The number of carbonyl (C=O) groups is 1. The Morgan fingerprint density at radius 1 is 1.53 bits per heavy atom. The summed E-state index contributed by atoms with van der Waals surface area (Å²) in [7, 11) is 1.37. The van der Waals surface area contributed by atoms with Crippen molar-refractivity contribution < 1.29 is 14.1 Å². The van der Waals surface area contributed by atoms with Crippen LogP contribution in [0.5, 0.6) is 0 Å². The zero-order valence-corrected chi connectivity index (χ0v) is 11.5. The van der Waals surface area contributed by atoms with Crippen molar-refractivity contribution in [2.24, 2.45) is 0 Å². The third-order valence-corrected chi connectivity index (χ3v) is 4.03. The fourth-order valence-electron chi connectivity index (χ4n) is 2.00. The van der Waals surface area contributed by atoms with Crippen LogP contribution in [0.15, 0.2) is 9.90 Å². The van der Waals surface area contributed by atoms with Crippen LogP contribution in [0, 0.1) is 6.92 Å². The van der Waals surface area contributed by atoms with E-state index >= 15 is 0 Å². The molecule has 0 radical (unpaired) electrons. The summed E-state index contributed by atoms with van der Waals surface area (Å²) in [6.45, 7) is 1.95. The summed E-state index contributed by atoms with van der Waals surface area (Å²) in [5, 5.41) is 6.89. The zero-order chi connectivity index (χ0) is 13.5. The van der Waals surface area contributed by atoms with Gasteiger partial charge < -0.3 is 9.26 Å². The number of methoxy groups -OCH3 is 1. The molecule has 2 aromatic rings. The summed E-state index contributed by atoms with van der Waals surface area (Å²) in [5.41, 5.74) is 0.218. The van der Waals surface area contributed by atoms with E-state index in [-0.39, 0.29) is 5.97 Å². The molecule has 0 aliphatic heterocycles. The molecule has 6 nitrogen and oxygen atoms in total. The molecule has 0 bridgehead atoms. The highest BCUT2D eigenvalue weighted by molar-refractivity contribution is 7.09. The average Bonchev–Trinajstić information content (AvgIpc) is 2.92. The number of aryl methyl sites for hydroxylation is 1. The molecule has 3 rings (SSSR count). The van der Waals surface area contributed by atoms with Crippen molar-refractivity contribution in [2.45, 2.75) is 31.6 Å². The Bertz CT molecular complexity index is 615. The van der Waals surface area contributed by atoms with Crippen LogP contribution >= 0.6 is 11.3 Å². The zero-order valence-electron chi connectivity index (χ0n) is 10.7. The number of rotatable bonds is 4. The number of aromatic nitrogens is 3. The Labute approximate surface area is 113 Å². The van der Waals surface area contributed by atoms with Crippen molar-refractivity contribution >= 4 is 17.3 Å². The van der Waals surface area contributed by atoms with E-state index in [0.29, 0.717) is 31.0 Å². The largest absolute Gasteiger partial charge is 0.468 e. The molecule has 0 unspecified atom stereocenters. The highest BCUT2D eigenvalue weighted by Gasteiger charge is 2.57. The van der Waals surface area contributed by atoms with Crippen molar-refractivity contribution in [3.05, 3.63) is 27.8 Å². The van der Waals surface area contributed by atoms with Crippen molar-refractivity contribution in [2.75, 3.05) is 7.11 Å². The second-order valence-corrected chi connectivity index (χ2v) is 5.69. The Morgan fingerprint density at radius 3 is 2.89 bits per heavy atom. The molecule has 0 aromatic carbocycles. The lowest BCUT2D eigenvalue weighted by molar-refractivity contribution is -0.144. The van der Waals surface area contributed by atoms with Crippen LogP contribution in [-0.4, -0.2) is 28.2 Å². The van der Waals surface area contributed by atoms with Crippen LogP contribution in [-0.2, 0) is 21.4 Å². The fraction of sp³-hybridized carbons (Fsp3) is 0.500. The quantitative estimate of drug-likeness (QED) is 0.791. The third-order valence-electron chi connectivity index (χ3n) is 3.21. The van der Waals surface area contributed by atoms with Gasteiger partial charge in [0.1, 0.15) is 5.41 Å². The first kappa shape index (κ1) is 12.3. The van der Waals surface area contributed by atoms with Gasteiger partial charge in [0.05, 0.1) is 24.2 Å². The molecule has 1 fully saturated rings. The van der Waals surface area contributed by atoms with Crippen LogP contribution in [0.3, 0.4) is 0 Å². The second-order valence-electron chi connectivity index (χ2n) is 4.62. The molecule has 100 valence electrons. The molecule has 1 saturated carbocycles. The molecule has 1 aliphatic rings. The molecule has 0 amide bonds. The normalized spacial score (nSPS) is 16.3. The third kappa shape index (κ3) is 2.14. The first-order chi connectivity index (χ1) is 9.14. The lowest BCUT2D eigenvalue weighted by Crippen LogP contribution is -2.22. The summed E-state index contributed by atoms with van der Waals surface area (Å²) in [6.07, 6.45) is 1.93. The highest BCUT2D eigenvalue weighted by Crippen LogP contribution is 2.48. The van der Waals surface area contributed by atoms with Gasteiger partial charge >= 0.3 is 5.97 Å². The van der Waals surface area contributed by atoms with Gasteiger partial charge in [0.15, 0.2) is 5.82 Å². The van der Waals surface area contributed by atoms with Gasteiger partial charge in [-0.3, -0.25) is 4.79 Å². The first-order valence-corrected chi connectivity index (χ1v) is 6.84. The molecule has 0 spiro atoms. The SMILES string of the molecule is COC(=O)C1(c2nc(Cc3csc(C)n3)no2)CC1. The van der Waals surface area contributed by atoms with E-state index in [4.69, 9.17) is 9.26 Å². The van der Waals surface area contributed by atoms with Crippen molar-refractivity contribution in [3.8, 4) is 0 Å². The van der Waals surface area contributed by atoms with Gasteiger partial charge in [0.25, 0.3) is 0 Å². The topological polar surface area (TPSA) is 78.1 Å². The van der Waals surface area contributed by atoms with Crippen LogP contribution in [0.4, 0.5) is 0 Å². The van der Waals surface area contributed by atoms with E-state index in [1.165, 1.54) is 7.11 Å². The summed E-state index contributed by atoms with van der Waals surface area (Å²) in [5.74, 6) is 0.615. The Hall–Kier alpha value is -1.76. The monoisotopic (exact) mass is 279 g/mol. The smallest absolute Gasteiger partial charge is 0.321 e. The van der Waals surface area contributed by atoms with Crippen LogP contribution < -0.4 is 0 Å². The molecule has 19 heavy (non-hydrogen) atoms. The molecule has 0 N–H and O–H groups in total. The van der Waals surface area contributed by atoms with E-state index in [9.17, 15) is 4.79 Å². The molecule has 2 aromatic heterocycles. The van der Waals surface area contributed by atoms with Gasteiger partial charge in [-0.05, 0) is 19.8 Å². The van der Waals surface area contributed by atoms with Gasteiger partial charge in [-0.2, -0.15) is 4.98 Å². The molecule has 2 heterocycles. The van der Waals surface area contributed by atoms with E-state index in [1.807, 2.05) is 12.3 Å². The second kappa shape index (κ2) is 4.41. The maximum absolute atomic E-state index is 11.7. The summed E-state index contributed by atoms with van der Waals surface area (Å²) >= 11 is 1.59. The summed E-state index contributed by atoms with van der Waals surface area (Å²) in [4.78, 5) is 20.4. The number of thiazole rings is 1. The Morgan fingerprint density at radius 2 is 2.32 bits per heavy atom. The van der Waals surface area contributed by atoms with Crippen LogP contribution in [0.2, 0.25) is 0 Å². The predicted octanol–water partition coefficient (Wildman–Crippen LogP) is 1.63.